The van der Waals surface area contributed by atoms with Crippen LogP contribution < -0.4 is 10.1 Å². The number of nitrogens with one attached hydrogen (secondary N) is 1. The van der Waals surface area contributed by atoms with E-state index in [-0.39, 0.29) is 24.8 Å². The quantitative estimate of drug-likeness (QED) is 0.323. The molecule has 1 fully saturated rings. The Morgan fingerprint density at radius 1 is 1.18 bits per heavy atom. The van der Waals surface area contributed by atoms with Crippen molar-refractivity contribution >= 4 is 22.5 Å². The number of hydrogen-bond acceptors (Lipinski definition) is 7. The first-order chi connectivity index (χ1) is 18.2. The van der Waals surface area contributed by atoms with Crippen molar-refractivity contribution in [1.29, 1.82) is 0 Å². The van der Waals surface area contributed by atoms with Gasteiger partial charge in [-0.25, -0.2) is 27.1 Å². The molecule has 5 rings (SSSR count). The van der Waals surface area contributed by atoms with Gasteiger partial charge in [0.1, 0.15) is 11.3 Å². The van der Waals surface area contributed by atoms with Gasteiger partial charge in [0.25, 0.3) is 12.3 Å². The Kier molecular flexibility index (Phi) is 7.14. The fraction of sp³-hybridized carbons (Fsp3) is 0.480. The van der Waals surface area contributed by atoms with Crippen LogP contribution in [-0.2, 0) is 11.3 Å². The van der Waals surface area contributed by atoms with Crippen molar-refractivity contribution in [3.63, 3.8) is 0 Å². The number of benzene rings is 1. The zero-order valence-electron chi connectivity index (χ0n) is 21.3. The molecule has 4 aromatic rings. The molecule has 1 aliphatic rings. The van der Waals surface area contributed by atoms with Gasteiger partial charge in [-0.15, -0.1) is 5.10 Å². The summed E-state index contributed by atoms with van der Waals surface area (Å²) in [6.07, 6.45) is -0.630. The molecule has 0 amide bonds. The molecule has 1 saturated heterocycles. The lowest BCUT2D eigenvalue weighted by atomic mass is 10.0. The molecule has 1 N–H and O–H groups in total. The number of methoxy groups -OCH3 is 2. The maximum atomic E-state index is 14.9. The lowest BCUT2D eigenvalue weighted by Gasteiger charge is -2.38. The van der Waals surface area contributed by atoms with Gasteiger partial charge in [-0.05, 0) is 37.1 Å². The molecule has 0 aliphatic carbocycles. The molecule has 1 aromatic carbocycles. The van der Waals surface area contributed by atoms with E-state index < -0.39 is 24.9 Å². The summed E-state index contributed by atoms with van der Waals surface area (Å²) in [5.74, 6) is -2.28. The van der Waals surface area contributed by atoms with Gasteiger partial charge in [-0.2, -0.15) is 4.98 Å². The Hall–Kier alpha value is -3.45. The van der Waals surface area contributed by atoms with Crippen molar-refractivity contribution in [3.8, 4) is 17.0 Å². The van der Waals surface area contributed by atoms with E-state index in [1.165, 1.54) is 16.2 Å². The second-order valence-corrected chi connectivity index (χ2v) is 9.35. The fourth-order valence-electron chi connectivity index (χ4n) is 4.96. The smallest absolute Gasteiger partial charge is 0.280 e. The molecule has 1 atom stereocenters. The maximum Gasteiger partial charge on any atom is 0.280 e. The van der Waals surface area contributed by atoms with Crippen molar-refractivity contribution in [3.05, 3.63) is 36.3 Å². The highest BCUT2D eigenvalue weighted by Gasteiger charge is 2.45. The van der Waals surface area contributed by atoms with Crippen LogP contribution >= 0.6 is 0 Å². The molecule has 3 aromatic heterocycles. The average Bonchev–Trinajstić information content (AvgIpc) is 3.43. The number of anilines is 1. The van der Waals surface area contributed by atoms with Crippen LogP contribution in [-0.4, -0.2) is 87.9 Å². The molecule has 0 spiro atoms. The summed E-state index contributed by atoms with van der Waals surface area (Å²) in [7, 11) is 2.98. The predicted molar refractivity (Wildman–Crippen MR) is 134 cm³/mol. The Bertz CT molecular complexity index is 1440. The zero-order chi connectivity index (χ0) is 27.0. The van der Waals surface area contributed by atoms with Gasteiger partial charge in [0, 0.05) is 32.0 Å². The molecule has 13 heteroatoms. The number of halogens is 4. The first kappa shape index (κ1) is 26.2. The van der Waals surface area contributed by atoms with Crippen LogP contribution in [0.15, 0.2) is 30.5 Å². The van der Waals surface area contributed by atoms with Gasteiger partial charge in [-0.3, -0.25) is 4.90 Å². The SMILES string of the molecule is COCCN1CC[C@@H](Nc2nc(OC)c3c(-c4ccc5nc(C)n(CC(F)F)c5c4)ccn3n2)C(F)(F)C1. The molecule has 0 unspecified atom stereocenters. The fourth-order valence-corrected chi connectivity index (χ4v) is 4.96. The van der Waals surface area contributed by atoms with Crippen LogP contribution in [0, 0.1) is 6.92 Å². The lowest BCUT2D eigenvalue weighted by molar-refractivity contribution is -0.0770. The number of imidazole rings is 1. The minimum Gasteiger partial charge on any atom is -0.479 e. The minimum atomic E-state index is -2.99. The molecule has 4 heterocycles. The Morgan fingerprint density at radius 2 is 2.00 bits per heavy atom. The number of ether oxygens (including phenoxy) is 2. The van der Waals surface area contributed by atoms with Gasteiger partial charge in [-0.1, -0.05) is 6.07 Å². The van der Waals surface area contributed by atoms with Gasteiger partial charge >= 0.3 is 0 Å². The first-order valence-electron chi connectivity index (χ1n) is 12.2. The van der Waals surface area contributed by atoms with Crippen LogP contribution in [0.1, 0.15) is 12.2 Å². The summed E-state index contributed by atoms with van der Waals surface area (Å²) < 4.78 is 69.7. The molecule has 0 bridgehead atoms. The normalized spacial score (nSPS) is 18.1. The number of aromatic nitrogens is 5. The topological polar surface area (TPSA) is 81.7 Å². The van der Waals surface area contributed by atoms with E-state index in [0.717, 1.165) is 5.56 Å². The van der Waals surface area contributed by atoms with Gasteiger partial charge in [0.2, 0.25) is 11.8 Å². The number of likely N-dealkylation sites (tertiary alicyclic amines) is 1. The van der Waals surface area contributed by atoms with Crippen LogP contribution in [0.4, 0.5) is 23.5 Å². The Labute approximate surface area is 216 Å². The van der Waals surface area contributed by atoms with E-state index in [1.807, 2.05) is 6.07 Å². The Balaban J connectivity index is 1.45. The number of piperidine rings is 1. The van der Waals surface area contributed by atoms with E-state index in [9.17, 15) is 17.6 Å². The third-order valence-corrected chi connectivity index (χ3v) is 6.84. The average molecular weight is 536 g/mol. The third kappa shape index (κ3) is 4.99. The Morgan fingerprint density at radius 3 is 2.71 bits per heavy atom. The van der Waals surface area contributed by atoms with Gasteiger partial charge in [0.05, 0.1) is 43.9 Å². The summed E-state index contributed by atoms with van der Waals surface area (Å²) in [5, 5.41) is 7.22. The highest BCUT2D eigenvalue weighted by molar-refractivity contribution is 5.89. The van der Waals surface area contributed by atoms with Crippen molar-refractivity contribution in [2.24, 2.45) is 0 Å². The van der Waals surface area contributed by atoms with Crippen molar-refractivity contribution in [2.45, 2.75) is 38.3 Å². The van der Waals surface area contributed by atoms with Gasteiger partial charge < -0.3 is 19.4 Å². The van der Waals surface area contributed by atoms with E-state index in [4.69, 9.17) is 9.47 Å². The standard InChI is InChI=1S/C25H29F4N7O2/c1-15-30-18-5-4-16(12-19(18)35(15)13-21(26)27)17-6-9-36-22(17)23(38-3)32-24(33-36)31-20-7-8-34(10-11-37-2)14-25(20,28)29/h4-6,9,12,20-21H,7-8,10-11,13-14H2,1-3H3,(H,31,33)/t20-/m1/s1. The lowest BCUT2D eigenvalue weighted by Crippen LogP contribution is -2.55. The van der Waals surface area contributed by atoms with E-state index >= 15 is 0 Å². The van der Waals surface area contributed by atoms with E-state index in [0.29, 0.717) is 47.6 Å². The monoisotopic (exact) mass is 535 g/mol. The molecule has 204 valence electrons. The largest absolute Gasteiger partial charge is 0.479 e. The summed E-state index contributed by atoms with van der Waals surface area (Å²) in [6.45, 7) is 2.17. The highest BCUT2D eigenvalue weighted by atomic mass is 19.3. The number of rotatable bonds is 9. The second kappa shape index (κ2) is 10.4. The second-order valence-electron chi connectivity index (χ2n) is 9.35. The van der Waals surface area contributed by atoms with Crippen LogP contribution in [0.25, 0.3) is 27.7 Å². The number of alkyl halides is 4. The van der Waals surface area contributed by atoms with Crippen LogP contribution in [0.3, 0.4) is 0 Å². The van der Waals surface area contributed by atoms with Crippen LogP contribution in [0.2, 0.25) is 0 Å². The number of nitrogens with zero attached hydrogens (tertiary/aromatic N) is 6. The number of fused-ring (bicyclic) bond motifs is 2. The third-order valence-electron chi connectivity index (χ3n) is 6.84. The van der Waals surface area contributed by atoms with Crippen molar-refractivity contribution in [1.82, 2.24) is 29.0 Å². The van der Waals surface area contributed by atoms with E-state index in [1.54, 1.807) is 43.3 Å². The number of hydrogen-bond donors (Lipinski definition) is 1. The molecule has 1 aliphatic heterocycles. The van der Waals surface area contributed by atoms with Crippen LogP contribution in [0.5, 0.6) is 5.88 Å². The summed E-state index contributed by atoms with van der Waals surface area (Å²) >= 11 is 0. The van der Waals surface area contributed by atoms with Gasteiger partial charge in [0.15, 0.2) is 0 Å². The molecule has 0 saturated carbocycles. The highest BCUT2D eigenvalue weighted by Crippen LogP contribution is 2.34. The van der Waals surface area contributed by atoms with E-state index in [2.05, 4.69) is 20.4 Å². The molecule has 0 radical (unpaired) electrons. The zero-order valence-corrected chi connectivity index (χ0v) is 21.3. The summed E-state index contributed by atoms with van der Waals surface area (Å²) in [6, 6.07) is 6.05. The minimum absolute atomic E-state index is 0.0209. The number of aryl methyl sites for hydroxylation is 1. The molecular weight excluding hydrogens is 506 g/mol. The van der Waals surface area contributed by atoms with Crippen molar-refractivity contribution < 1.29 is 27.0 Å². The molecular formula is C25H29F4N7O2. The molecule has 38 heavy (non-hydrogen) atoms. The summed E-state index contributed by atoms with van der Waals surface area (Å²) in [4.78, 5) is 10.4. The van der Waals surface area contributed by atoms with Crippen molar-refractivity contribution in [2.75, 3.05) is 45.8 Å². The first-order valence-corrected chi connectivity index (χ1v) is 12.2. The predicted octanol–water partition coefficient (Wildman–Crippen LogP) is 4.10. The maximum absolute atomic E-state index is 14.9. The summed E-state index contributed by atoms with van der Waals surface area (Å²) in [5.41, 5.74) is 3.15. The molecule has 9 nitrogen and oxygen atoms in total.